The molecule has 0 aliphatic rings. The number of carbonyl (C=O) groups is 3. The number of allylic oxidation sites excluding steroid dienone is 5. The van der Waals surface area contributed by atoms with E-state index in [1.54, 1.807) is 0 Å². The SMILES string of the molecule is CCCC/C=C\C/C=C\CCCCCCCC(=O)OC(/C=C\CCCCCCCCC)CCCCCCC(=O)NCC(=O)O. The summed E-state index contributed by atoms with van der Waals surface area (Å²) in [4.78, 5) is 34.8. The van der Waals surface area contributed by atoms with Crippen LogP contribution in [0.15, 0.2) is 36.5 Å². The Kier molecular flexibility index (Phi) is 31.7. The van der Waals surface area contributed by atoms with Gasteiger partial charge in [-0.2, -0.15) is 0 Å². The van der Waals surface area contributed by atoms with Crippen LogP contribution in [0.3, 0.4) is 0 Å². The van der Waals surface area contributed by atoms with E-state index in [0.29, 0.717) is 12.8 Å². The van der Waals surface area contributed by atoms with E-state index < -0.39 is 5.97 Å². The molecule has 254 valence electrons. The summed E-state index contributed by atoms with van der Waals surface area (Å²) in [6.07, 6.45) is 39.8. The molecule has 0 aromatic rings. The van der Waals surface area contributed by atoms with Gasteiger partial charge in [0.15, 0.2) is 0 Å². The van der Waals surface area contributed by atoms with Gasteiger partial charge in [0.2, 0.25) is 5.91 Å². The van der Waals surface area contributed by atoms with Crippen LogP contribution >= 0.6 is 0 Å². The van der Waals surface area contributed by atoms with Crippen molar-refractivity contribution in [3.05, 3.63) is 36.5 Å². The third-order valence-electron chi connectivity index (χ3n) is 7.77. The highest BCUT2D eigenvalue weighted by atomic mass is 16.5. The number of hydrogen-bond donors (Lipinski definition) is 2. The van der Waals surface area contributed by atoms with Gasteiger partial charge in [0.05, 0.1) is 0 Å². The van der Waals surface area contributed by atoms with Crippen LogP contribution < -0.4 is 5.32 Å². The second-order valence-electron chi connectivity index (χ2n) is 12.1. The monoisotopic (exact) mass is 618 g/mol. The molecule has 2 N–H and O–H groups in total. The summed E-state index contributed by atoms with van der Waals surface area (Å²) >= 11 is 0. The number of unbranched alkanes of at least 4 members (excludes halogenated alkanes) is 17. The Bertz CT molecular complexity index is 773. The van der Waals surface area contributed by atoms with Crippen molar-refractivity contribution < 1.29 is 24.2 Å². The number of nitrogens with one attached hydrogen (secondary N) is 1. The standard InChI is InChI=1S/C38H67NO5/c1-3-5-7-9-11-13-14-15-16-17-19-21-23-29-33-38(43)44-35(30-26-22-20-18-12-10-8-6-4-2)31-27-24-25-28-32-36(40)39-34-37(41)42/h9,11,14-15,26,30,35H,3-8,10,12-13,16-25,27-29,31-34H2,1-2H3,(H,39,40)(H,41,42)/b11-9-,15-14-,30-26-. The molecule has 44 heavy (non-hydrogen) atoms. The zero-order valence-electron chi connectivity index (χ0n) is 28.5. The number of carboxylic acid groups (broad SMARTS) is 1. The highest BCUT2D eigenvalue weighted by Gasteiger charge is 2.12. The predicted octanol–water partition coefficient (Wildman–Crippen LogP) is 10.6. The van der Waals surface area contributed by atoms with Gasteiger partial charge in [-0.3, -0.25) is 14.4 Å². The highest BCUT2D eigenvalue weighted by molar-refractivity contribution is 5.80. The number of amides is 1. The molecule has 1 amide bonds. The highest BCUT2D eigenvalue weighted by Crippen LogP contribution is 2.15. The minimum atomic E-state index is -1.03. The topological polar surface area (TPSA) is 92.7 Å². The van der Waals surface area contributed by atoms with E-state index in [4.69, 9.17) is 9.84 Å². The van der Waals surface area contributed by atoms with Crippen LogP contribution in [0.5, 0.6) is 0 Å². The third-order valence-corrected chi connectivity index (χ3v) is 7.77. The molecule has 0 aromatic carbocycles. The van der Waals surface area contributed by atoms with E-state index in [-0.39, 0.29) is 24.5 Å². The Labute approximate surface area is 270 Å². The average Bonchev–Trinajstić information content (AvgIpc) is 3.00. The molecule has 0 aromatic heterocycles. The molecule has 0 saturated carbocycles. The van der Waals surface area contributed by atoms with Gasteiger partial charge in [0.25, 0.3) is 0 Å². The van der Waals surface area contributed by atoms with Gasteiger partial charge in [-0.1, -0.05) is 128 Å². The van der Waals surface area contributed by atoms with Crippen LogP contribution in [0.25, 0.3) is 0 Å². The maximum absolute atomic E-state index is 12.6. The Morgan fingerprint density at radius 2 is 1.14 bits per heavy atom. The summed E-state index contributed by atoms with van der Waals surface area (Å²) in [5, 5.41) is 11.0. The molecule has 1 unspecified atom stereocenters. The molecule has 0 heterocycles. The van der Waals surface area contributed by atoms with E-state index in [1.807, 2.05) is 0 Å². The van der Waals surface area contributed by atoms with Crippen molar-refractivity contribution in [3.63, 3.8) is 0 Å². The van der Waals surface area contributed by atoms with Crippen LogP contribution in [0.2, 0.25) is 0 Å². The van der Waals surface area contributed by atoms with E-state index in [2.05, 4.69) is 55.6 Å². The minimum Gasteiger partial charge on any atom is -0.480 e. The molecule has 6 heteroatoms. The van der Waals surface area contributed by atoms with Crippen molar-refractivity contribution in [1.82, 2.24) is 5.32 Å². The molecule has 0 fully saturated rings. The number of esters is 1. The molecule has 0 aliphatic heterocycles. The fourth-order valence-corrected chi connectivity index (χ4v) is 5.03. The van der Waals surface area contributed by atoms with Crippen molar-refractivity contribution in [3.8, 4) is 0 Å². The van der Waals surface area contributed by atoms with Crippen LogP contribution in [0.1, 0.15) is 174 Å². The Morgan fingerprint density at radius 1 is 0.614 bits per heavy atom. The molecule has 0 saturated heterocycles. The van der Waals surface area contributed by atoms with Crippen molar-refractivity contribution in [1.29, 1.82) is 0 Å². The first kappa shape index (κ1) is 41.6. The van der Waals surface area contributed by atoms with E-state index in [9.17, 15) is 14.4 Å². The van der Waals surface area contributed by atoms with Crippen LogP contribution in [-0.4, -0.2) is 35.6 Å². The molecular formula is C38H67NO5. The quantitative estimate of drug-likeness (QED) is 0.0445. The Hall–Kier alpha value is -2.37. The van der Waals surface area contributed by atoms with Gasteiger partial charge < -0.3 is 15.2 Å². The predicted molar refractivity (Wildman–Crippen MR) is 185 cm³/mol. The number of carbonyl (C=O) groups excluding carboxylic acids is 2. The summed E-state index contributed by atoms with van der Waals surface area (Å²) in [6, 6.07) is 0. The van der Waals surface area contributed by atoms with Crippen molar-refractivity contribution in [2.45, 2.75) is 180 Å². The first-order chi connectivity index (χ1) is 21.5. The van der Waals surface area contributed by atoms with E-state index >= 15 is 0 Å². The lowest BCUT2D eigenvalue weighted by atomic mass is 10.1. The Balaban J connectivity index is 4.23. The fraction of sp³-hybridized carbons (Fsp3) is 0.763. The Morgan fingerprint density at radius 3 is 1.77 bits per heavy atom. The third kappa shape index (κ3) is 32.5. The smallest absolute Gasteiger partial charge is 0.322 e. The number of carboxylic acids is 1. The average molecular weight is 618 g/mol. The summed E-state index contributed by atoms with van der Waals surface area (Å²) < 4.78 is 5.87. The van der Waals surface area contributed by atoms with Crippen molar-refractivity contribution in [2.24, 2.45) is 0 Å². The zero-order chi connectivity index (χ0) is 32.4. The molecule has 6 nitrogen and oxygen atoms in total. The summed E-state index contributed by atoms with van der Waals surface area (Å²) in [6.45, 7) is 4.14. The lowest BCUT2D eigenvalue weighted by Gasteiger charge is -2.15. The largest absolute Gasteiger partial charge is 0.480 e. The summed E-state index contributed by atoms with van der Waals surface area (Å²) in [5.41, 5.74) is 0. The van der Waals surface area contributed by atoms with Crippen molar-refractivity contribution in [2.75, 3.05) is 6.54 Å². The van der Waals surface area contributed by atoms with E-state index in [1.165, 1.54) is 77.0 Å². The van der Waals surface area contributed by atoms with Crippen molar-refractivity contribution >= 4 is 17.8 Å². The molecule has 1 atom stereocenters. The second-order valence-corrected chi connectivity index (χ2v) is 12.1. The van der Waals surface area contributed by atoms with Crippen LogP contribution in [0, 0.1) is 0 Å². The zero-order valence-corrected chi connectivity index (χ0v) is 28.5. The molecule has 0 rings (SSSR count). The molecule has 0 spiro atoms. The molecule has 0 radical (unpaired) electrons. The maximum Gasteiger partial charge on any atom is 0.322 e. The van der Waals surface area contributed by atoms with Gasteiger partial charge in [-0.05, 0) is 70.3 Å². The number of hydrogen-bond acceptors (Lipinski definition) is 4. The molecule has 0 bridgehead atoms. The maximum atomic E-state index is 12.6. The van der Waals surface area contributed by atoms with Crippen LogP contribution in [-0.2, 0) is 19.1 Å². The summed E-state index contributed by atoms with van der Waals surface area (Å²) in [7, 11) is 0. The minimum absolute atomic E-state index is 0.0967. The van der Waals surface area contributed by atoms with Gasteiger partial charge in [-0.15, -0.1) is 0 Å². The first-order valence-corrected chi connectivity index (χ1v) is 18.1. The summed E-state index contributed by atoms with van der Waals surface area (Å²) in [5.74, 6) is -1.34. The van der Waals surface area contributed by atoms with E-state index in [0.717, 1.165) is 70.6 Å². The number of ether oxygens (including phenoxy) is 1. The van der Waals surface area contributed by atoms with Gasteiger partial charge in [0.1, 0.15) is 12.6 Å². The van der Waals surface area contributed by atoms with Gasteiger partial charge >= 0.3 is 11.9 Å². The number of rotatable bonds is 32. The normalized spacial score (nSPS) is 12.4. The first-order valence-electron chi connectivity index (χ1n) is 18.1. The lowest BCUT2D eigenvalue weighted by molar-refractivity contribution is -0.147. The fourth-order valence-electron chi connectivity index (χ4n) is 5.03. The number of aliphatic carboxylic acids is 1. The van der Waals surface area contributed by atoms with Gasteiger partial charge in [-0.25, -0.2) is 0 Å². The second kappa shape index (κ2) is 33.5. The van der Waals surface area contributed by atoms with Gasteiger partial charge in [0, 0.05) is 12.8 Å². The molecular weight excluding hydrogens is 550 g/mol. The van der Waals surface area contributed by atoms with Crippen LogP contribution in [0.4, 0.5) is 0 Å². The molecule has 0 aliphatic carbocycles. The lowest BCUT2D eigenvalue weighted by Crippen LogP contribution is -2.28.